The Balaban J connectivity index is 2.36. The molecule has 1 amide bonds. The Hall–Kier alpha value is -2.89. The standard InChI is InChI=1S/C14H12N2O4/c1-8-4-2-5-9(11(8)14(19)20)16-13(18)12-10(17)6-3-7-15-12/h2-7,17H,1H3,(H,16,18)(H,19,20). The Kier molecular flexibility index (Phi) is 3.65. The molecule has 20 heavy (non-hydrogen) atoms. The number of carboxylic acids is 1. The molecule has 0 fully saturated rings. The molecule has 0 spiro atoms. The predicted molar refractivity (Wildman–Crippen MR) is 72.0 cm³/mol. The summed E-state index contributed by atoms with van der Waals surface area (Å²) in [6.07, 6.45) is 1.36. The van der Waals surface area contributed by atoms with Crippen LogP contribution in [0.2, 0.25) is 0 Å². The molecule has 2 rings (SSSR count). The zero-order valence-electron chi connectivity index (χ0n) is 10.6. The lowest BCUT2D eigenvalue weighted by Gasteiger charge is -2.10. The van der Waals surface area contributed by atoms with Gasteiger partial charge >= 0.3 is 5.97 Å². The molecule has 0 saturated heterocycles. The third-order valence-corrected chi connectivity index (χ3v) is 2.74. The molecule has 2 aromatic rings. The second-order valence-corrected chi connectivity index (χ2v) is 4.13. The molecule has 1 heterocycles. The van der Waals surface area contributed by atoms with Gasteiger partial charge in [-0.1, -0.05) is 12.1 Å². The number of aromatic hydroxyl groups is 1. The topological polar surface area (TPSA) is 99.5 Å². The average molecular weight is 272 g/mol. The highest BCUT2D eigenvalue weighted by atomic mass is 16.4. The fourth-order valence-electron chi connectivity index (χ4n) is 1.81. The van der Waals surface area contributed by atoms with Crippen LogP contribution in [0.1, 0.15) is 26.4 Å². The van der Waals surface area contributed by atoms with Gasteiger partial charge in [0.2, 0.25) is 0 Å². The zero-order valence-corrected chi connectivity index (χ0v) is 10.6. The Morgan fingerprint density at radius 2 is 1.95 bits per heavy atom. The number of pyridine rings is 1. The Bertz CT molecular complexity index is 683. The van der Waals surface area contributed by atoms with Crippen molar-refractivity contribution in [3.63, 3.8) is 0 Å². The monoisotopic (exact) mass is 272 g/mol. The molecule has 6 nitrogen and oxygen atoms in total. The maximum absolute atomic E-state index is 12.0. The van der Waals surface area contributed by atoms with Gasteiger partial charge in [-0.25, -0.2) is 9.78 Å². The molecule has 0 aliphatic carbocycles. The SMILES string of the molecule is Cc1cccc(NC(=O)c2ncccc2O)c1C(=O)O. The number of aryl methyl sites for hydroxylation is 1. The highest BCUT2D eigenvalue weighted by molar-refractivity contribution is 6.08. The van der Waals surface area contributed by atoms with Crippen molar-refractivity contribution >= 4 is 17.6 Å². The number of carbonyl (C=O) groups excluding carboxylic acids is 1. The minimum atomic E-state index is -1.14. The highest BCUT2D eigenvalue weighted by Gasteiger charge is 2.18. The van der Waals surface area contributed by atoms with Crippen molar-refractivity contribution in [1.82, 2.24) is 4.98 Å². The van der Waals surface area contributed by atoms with E-state index in [1.54, 1.807) is 19.1 Å². The van der Waals surface area contributed by atoms with Gasteiger partial charge in [-0.05, 0) is 30.7 Å². The van der Waals surface area contributed by atoms with Gasteiger partial charge in [-0.3, -0.25) is 4.79 Å². The largest absolute Gasteiger partial charge is 0.505 e. The highest BCUT2D eigenvalue weighted by Crippen LogP contribution is 2.21. The van der Waals surface area contributed by atoms with E-state index in [0.29, 0.717) is 5.56 Å². The summed E-state index contributed by atoms with van der Waals surface area (Å²) in [5.41, 5.74) is 0.537. The summed E-state index contributed by atoms with van der Waals surface area (Å²) >= 11 is 0. The van der Waals surface area contributed by atoms with Crippen LogP contribution in [0, 0.1) is 6.92 Å². The van der Waals surface area contributed by atoms with Crippen molar-refractivity contribution in [2.75, 3.05) is 5.32 Å². The molecule has 0 bridgehead atoms. The van der Waals surface area contributed by atoms with E-state index in [1.165, 1.54) is 24.4 Å². The number of carbonyl (C=O) groups is 2. The number of nitrogens with zero attached hydrogens (tertiary/aromatic N) is 1. The van der Waals surface area contributed by atoms with E-state index < -0.39 is 11.9 Å². The summed E-state index contributed by atoms with van der Waals surface area (Å²) in [6.45, 7) is 1.64. The van der Waals surface area contributed by atoms with E-state index in [9.17, 15) is 14.7 Å². The van der Waals surface area contributed by atoms with Crippen molar-refractivity contribution in [1.29, 1.82) is 0 Å². The molecule has 0 atom stereocenters. The molecule has 1 aromatic heterocycles. The van der Waals surface area contributed by atoms with Crippen LogP contribution in [0.4, 0.5) is 5.69 Å². The van der Waals surface area contributed by atoms with E-state index in [4.69, 9.17) is 5.11 Å². The average Bonchev–Trinajstić information content (AvgIpc) is 2.38. The number of amides is 1. The van der Waals surface area contributed by atoms with Crippen molar-refractivity contribution in [3.05, 3.63) is 53.3 Å². The Morgan fingerprint density at radius 3 is 2.60 bits per heavy atom. The fraction of sp³-hybridized carbons (Fsp3) is 0.0714. The van der Waals surface area contributed by atoms with Crippen LogP contribution in [0.15, 0.2) is 36.5 Å². The molecule has 0 aliphatic heterocycles. The van der Waals surface area contributed by atoms with Gasteiger partial charge in [0.15, 0.2) is 5.69 Å². The number of aromatic nitrogens is 1. The van der Waals surface area contributed by atoms with Gasteiger partial charge in [-0.15, -0.1) is 0 Å². The van der Waals surface area contributed by atoms with E-state index in [0.717, 1.165) is 0 Å². The van der Waals surface area contributed by atoms with Gasteiger partial charge in [0.25, 0.3) is 5.91 Å². The van der Waals surface area contributed by atoms with E-state index in [2.05, 4.69) is 10.3 Å². The third-order valence-electron chi connectivity index (χ3n) is 2.74. The normalized spacial score (nSPS) is 10.1. The number of hydrogen-bond acceptors (Lipinski definition) is 4. The summed E-state index contributed by atoms with van der Waals surface area (Å²) < 4.78 is 0. The van der Waals surface area contributed by atoms with Crippen LogP contribution in [0.25, 0.3) is 0 Å². The molecule has 0 unspecified atom stereocenters. The van der Waals surface area contributed by atoms with Gasteiger partial charge in [-0.2, -0.15) is 0 Å². The zero-order chi connectivity index (χ0) is 14.7. The molecule has 0 aliphatic rings. The van der Waals surface area contributed by atoms with E-state index in [1.807, 2.05) is 0 Å². The number of aromatic carboxylic acids is 1. The summed E-state index contributed by atoms with van der Waals surface area (Å²) in [5.74, 6) is -2.07. The summed E-state index contributed by atoms with van der Waals surface area (Å²) in [6, 6.07) is 7.57. The maximum atomic E-state index is 12.0. The fourth-order valence-corrected chi connectivity index (χ4v) is 1.81. The summed E-state index contributed by atoms with van der Waals surface area (Å²) in [4.78, 5) is 27.0. The summed E-state index contributed by atoms with van der Waals surface area (Å²) in [7, 11) is 0. The van der Waals surface area contributed by atoms with Crippen molar-refractivity contribution in [3.8, 4) is 5.75 Å². The molecule has 102 valence electrons. The molecule has 0 saturated carbocycles. The number of carboxylic acid groups (broad SMARTS) is 1. The Morgan fingerprint density at radius 1 is 1.20 bits per heavy atom. The molecular formula is C14H12N2O4. The first-order valence-corrected chi connectivity index (χ1v) is 5.79. The van der Waals surface area contributed by atoms with Crippen LogP contribution < -0.4 is 5.32 Å². The Labute approximate surface area is 114 Å². The van der Waals surface area contributed by atoms with E-state index >= 15 is 0 Å². The van der Waals surface area contributed by atoms with Crippen LogP contribution in [0.5, 0.6) is 5.75 Å². The second kappa shape index (κ2) is 5.40. The minimum Gasteiger partial charge on any atom is -0.505 e. The van der Waals surface area contributed by atoms with Crippen molar-refractivity contribution in [2.45, 2.75) is 6.92 Å². The lowest BCUT2D eigenvalue weighted by atomic mass is 10.1. The predicted octanol–water partition coefficient (Wildman–Crippen LogP) is 2.05. The van der Waals surface area contributed by atoms with Gasteiger partial charge in [0.05, 0.1) is 11.3 Å². The van der Waals surface area contributed by atoms with E-state index in [-0.39, 0.29) is 22.7 Å². The lowest BCUT2D eigenvalue weighted by Crippen LogP contribution is -2.16. The van der Waals surface area contributed by atoms with Crippen LogP contribution in [0.3, 0.4) is 0 Å². The molecule has 1 aromatic carbocycles. The number of nitrogens with one attached hydrogen (secondary N) is 1. The first kappa shape index (κ1) is 13.5. The van der Waals surface area contributed by atoms with Gasteiger partial charge in [0, 0.05) is 6.20 Å². The second-order valence-electron chi connectivity index (χ2n) is 4.13. The molecular weight excluding hydrogens is 260 g/mol. The van der Waals surface area contributed by atoms with Crippen molar-refractivity contribution in [2.24, 2.45) is 0 Å². The third kappa shape index (κ3) is 2.59. The molecule has 3 N–H and O–H groups in total. The van der Waals surface area contributed by atoms with Crippen LogP contribution >= 0.6 is 0 Å². The first-order chi connectivity index (χ1) is 9.50. The number of benzene rings is 1. The smallest absolute Gasteiger partial charge is 0.338 e. The molecule has 6 heteroatoms. The van der Waals surface area contributed by atoms with Crippen LogP contribution in [-0.2, 0) is 0 Å². The first-order valence-electron chi connectivity index (χ1n) is 5.79. The van der Waals surface area contributed by atoms with Gasteiger partial charge < -0.3 is 15.5 Å². The maximum Gasteiger partial charge on any atom is 0.338 e. The minimum absolute atomic E-state index is 0.0104. The summed E-state index contributed by atoms with van der Waals surface area (Å²) in [5, 5.41) is 21.2. The van der Waals surface area contributed by atoms with Crippen LogP contribution in [-0.4, -0.2) is 27.1 Å². The quantitative estimate of drug-likeness (QED) is 0.794. The number of rotatable bonds is 3. The number of anilines is 1. The van der Waals surface area contributed by atoms with Crippen molar-refractivity contribution < 1.29 is 19.8 Å². The molecule has 0 radical (unpaired) electrons. The number of hydrogen-bond donors (Lipinski definition) is 3. The lowest BCUT2D eigenvalue weighted by molar-refractivity contribution is 0.0697. The van der Waals surface area contributed by atoms with Gasteiger partial charge in [0.1, 0.15) is 5.75 Å².